The molecule has 134 valence electrons. The van der Waals surface area contributed by atoms with Crippen LogP contribution in [-0.4, -0.2) is 58.6 Å². The van der Waals surface area contributed by atoms with Gasteiger partial charge >= 0.3 is 0 Å². The number of ether oxygens (including phenoxy) is 2. The first kappa shape index (κ1) is 18.7. The highest BCUT2D eigenvalue weighted by molar-refractivity contribution is 7.89. The van der Waals surface area contributed by atoms with Crippen LogP contribution in [0.2, 0.25) is 0 Å². The fraction of sp³-hybridized carbons (Fsp3) is 0.562. The van der Waals surface area contributed by atoms with Crippen LogP contribution in [0, 0.1) is 0 Å². The summed E-state index contributed by atoms with van der Waals surface area (Å²) in [6, 6.07) is 6.17. The smallest absolute Gasteiger partial charge is 0.257 e. The molecule has 0 radical (unpaired) electrons. The van der Waals surface area contributed by atoms with Gasteiger partial charge in [-0.05, 0) is 43.5 Å². The van der Waals surface area contributed by atoms with Crippen molar-refractivity contribution in [2.75, 3.05) is 40.0 Å². The van der Waals surface area contributed by atoms with E-state index in [4.69, 9.17) is 9.47 Å². The number of carbonyl (C=O) groups is 1. The molecule has 0 atom stereocenters. The van der Waals surface area contributed by atoms with Crippen LogP contribution < -0.4 is 10.1 Å². The molecule has 0 bridgehead atoms. The van der Waals surface area contributed by atoms with Gasteiger partial charge in [-0.2, -0.15) is 4.31 Å². The molecule has 1 aromatic carbocycles. The van der Waals surface area contributed by atoms with Crippen LogP contribution in [0.5, 0.6) is 5.75 Å². The lowest BCUT2D eigenvalue weighted by atomic mass is 10.3. The van der Waals surface area contributed by atoms with Gasteiger partial charge in [0.2, 0.25) is 10.0 Å². The second kappa shape index (κ2) is 9.00. The molecule has 1 heterocycles. The van der Waals surface area contributed by atoms with Crippen molar-refractivity contribution in [2.45, 2.75) is 24.2 Å². The third-order valence-electron chi connectivity index (χ3n) is 3.74. The Morgan fingerprint density at radius 1 is 1.21 bits per heavy atom. The van der Waals surface area contributed by atoms with Gasteiger partial charge in [0.15, 0.2) is 6.61 Å². The molecule has 1 saturated heterocycles. The third kappa shape index (κ3) is 5.19. The average molecular weight is 356 g/mol. The largest absolute Gasteiger partial charge is 0.484 e. The summed E-state index contributed by atoms with van der Waals surface area (Å²) in [7, 11) is -1.81. The van der Waals surface area contributed by atoms with E-state index < -0.39 is 10.0 Å². The highest BCUT2D eigenvalue weighted by atomic mass is 32.2. The maximum Gasteiger partial charge on any atom is 0.257 e. The van der Waals surface area contributed by atoms with Gasteiger partial charge < -0.3 is 14.8 Å². The molecule has 1 N–H and O–H groups in total. The van der Waals surface area contributed by atoms with Crippen molar-refractivity contribution < 1.29 is 22.7 Å². The molecule has 1 aliphatic rings. The van der Waals surface area contributed by atoms with Gasteiger partial charge in [-0.1, -0.05) is 0 Å². The summed E-state index contributed by atoms with van der Waals surface area (Å²) in [5.41, 5.74) is 0. The Kier molecular flexibility index (Phi) is 7.01. The van der Waals surface area contributed by atoms with Crippen LogP contribution in [-0.2, 0) is 19.6 Å². The van der Waals surface area contributed by atoms with Crippen molar-refractivity contribution in [1.82, 2.24) is 9.62 Å². The summed E-state index contributed by atoms with van der Waals surface area (Å²) in [6.45, 7) is 2.16. The Balaban J connectivity index is 1.82. The van der Waals surface area contributed by atoms with E-state index in [0.29, 0.717) is 32.0 Å². The van der Waals surface area contributed by atoms with Gasteiger partial charge in [0.25, 0.3) is 5.91 Å². The summed E-state index contributed by atoms with van der Waals surface area (Å²) in [4.78, 5) is 11.9. The first-order valence-electron chi connectivity index (χ1n) is 8.02. The number of sulfonamides is 1. The van der Waals surface area contributed by atoms with E-state index >= 15 is 0 Å². The van der Waals surface area contributed by atoms with E-state index in [0.717, 1.165) is 19.3 Å². The molecule has 1 fully saturated rings. The molecule has 0 unspecified atom stereocenters. The number of amides is 1. The number of hydrogen-bond acceptors (Lipinski definition) is 5. The lowest BCUT2D eigenvalue weighted by molar-refractivity contribution is -0.123. The SMILES string of the molecule is COCCCNC(=O)COc1ccc(S(=O)(=O)N2CCCC2)cc1. The van der Waals surface area contributed by atoms with Crippen molar-refractivity contribution in [1.29, 1.82) is 0 Å². The molecule has 7 nitrogen and oxygen atoms in total. The van der Waals surface area contributed by atoms with Gasteiger partial charge in [0.1, 0.15) is 5.75 Å². The van der Waals surface area contributed by atoms with Crippen LogP contribution in [0.4, 0.5) is 0 Å². The molecule has 1 aromatic rings. The van der Waals surface area contributed by atoms with Crippen LogP contribution in [0.1, 0.15) is 19.3 Å². The summed E-state index contributed by atoms with van der Waals surface area (Å²) in [5, 5.41) is 2.71. The Morgan fingerprint density at radius 2 is 1.88 bits per heavy atom. The minimum absolute atomic E-state index is 0.106. The lowest BCUT2D eigenvalue weighted by Gasteiger charge is -2.15. The molecule has 0 aliphatic carbocycles. The van der Waals surface area contributed by atoms with Gasteiger partial charge in [-0.15, -0.1) is 0 Å². The molecule has 0 spiro atoms. The number of benzene rings is 1. The molecule has 24 heavy (non-hydrogen) atoms. The van der Waals surface area contributed by atoms with E-state index in [2.05, 4.69) is 5.32 Å². The monoisotopic (exact) mass is 356 g/mol. The zero-order chi connectivity index (χ0) is 17.4. The molecule has 2 rings (SSSR count). The van der Waals surface area contributed by atoms with Gasteiger partial charge in [0, 0.05) is 33.4 Å². The Hall–Kier alpha value is -1.64. The van der Waals surface area contributed by atoms with Crippen molar-refractivity contribution in [3.63, 3.8) is 0 Å². The third-order valence-corrected chi connectivity index (χ3v) is 5.66. The molecule has 0 saturated carbocycles. The predicted octanol–water partition coefficient (Wildman–Crippen LogP) is 1.00. The van der Waals surface area contributed by atoms with Crippen LogP contribution in [0.3, 0.4) is 0 Å². The van der Waals surface area contributed by atoms with Gasteiger partial charge in [-0.25, -0.2) is 8.42 Å². The second-order valence-electron chi connectivity index (χ2n) is 5.57. The molecular formula is C16H24N2O5S. The summed E-state index contributed by atoms with van der Waals surface area (Å²) in [5.74, 6) is 0.238. The summed E-state index contributed by atoms with van der Waals surface area (Å²) >= 11 is 0. The highest BCUT2D eigenvalue weighted by Gasteiger charge is 2.26. The van der Waals surface area contributed by atoms with E-state index in [9.17, 15) is 13.2 Å². The van der Waals surface area contributed by atoms with E-state index in [1.54, 1.807) is 19.2 Å². The minimum Gasteiger partial charge on any atom is -0.484 e. The Labute approximate surface area is 143 Å². The topological polar surface area (TPSA) is 84.9 Å². The summed E-state index contributed by atoms with van der Waals surface area (Å²) < 4.78 is 36.5. The fourth-order valence-electron chi connectivity index (χ4n) is 2.43. The Bertz CT molecular complexity index is 624. The number of nitrogens with one attached hydrogen (secondary N) is 1. The van der Waals surface area contributed by atoms with Gasteiger partial charge in [-0.3, -0.25) is 4.79 Å². The standard InChI is InChI=1S/C16H24N2O5S/c1-22-12-4-9-17-16(19)13-23-14-5-7-15(8-6-14)24(20,21)18-10-2-3-11-18/h5-8H,2-4,9-13H2,1H3,(H,17,19). The lowest BCUT2D eigenvalue weighted by Crippen LogP contribution is -2.30. The number of hydrogen-bond donors (Lipinski definition) is 1. The minimum atomic E-state index is -3.42. The Morgan fingerprint density at radius 3 is 2.50 bits per heavy atom. The quantitative estimate of drug-likeness (QED) is 0.667. The maximum atomic E-state index is 12.4. The van der Waals surface area contributed by atoms with Crippen molar-refractivity contribution in [2.24, 2.45) is 0 Å². The maximum absolute atomic E-state index is 12.4. The van der Waals surface area contributed by atoms with Crippen molar-refractivity contribution >= 4 is 15.9 Å². The molecule has 1 aliphatic heterocycles. The molecule has 8 heteroatoms. The first-order valence-corrected chi connectivity index (χ1v) is 9.46. The van der Waals surface area contributed by atoms with Crippen LogP contribution >= 0.6 is 0 Å². The molecule has 0 aromatic heterocycles. The number of methoxy groups -OCH3 is 1. The number of carbonyl (C=O) groups excluding carboxylic acids is 1. The first-order chi connectivity index (χ1) is 11.5. The van der Waals surface area contributed by atoms with Crippen LogP contribution in [0.15, 0.2) is 29.2 Å². The van der Waals surface area contributed by atoms with Crippen molar-refractivity contribution in [3.05, 3.63) is 24.3 Å². The molecule has 1 amide bonds. The van der Waals surface area contributed by atoms with Crippen molar-refractivity contribution in [3.8, 4) is 5.75 Å². The number of nitrogens with zero attached hydrogens (tertiary/aromatic N) is 1. The fourth-order valence-corrected chi connectivity index (χ4v) is 3.95. The zero-order valence-corrected chi connectivity index (χ0v) is 14.7. The van der Waals surface area contributed by atoms with E-state index in [1.807, 2.05) is 0 Å². The zero-order valence-electron chi connectivity index (χ0n) is 13.9. The highest BCUT2D eigenvalue weighted by Crippen LogP contribution is 2.22. The van der Waals surface area contributed by atoms with Crippen LogP contribution in [0.25, 0.3) is 0 Å². The molecular weight excluding hydrogens is 332 g/mol. The normalized spacial score (nSPS) is 15.4. The van der Waals surface area contributed by atoms with Gasteiger partial charge in [0.05, 0.1) is 4.90 Å². The van der Waals surface area contributed by atoms with E-state index in [-0.39, 0.29) is 17.4 Å². The van der Waals surface area contributed by atoms with E-state index in [1.165, 1.54) is 16.4 Å². The second-order valence-corrected chi connectivity index (χ2v) is 7.51. The predicted molar refractivity (Wildman–Crippen MR) is 89.4 cm³/mol. The number of rotatable bonds is 9. The average Bonchev–Trinajstić information content (AvgIpc) is 3.13. The summed E-state index contributed by atoms with van der Waals surface area (Å²) in [6.07, 6.45) is 2.55.